The van der Waals surface area contributed by atoms with Gasteiger partial charge in [-0.25, -0.2) is 0 Å². The molecule has 1 fully saturated rings. The number of ether oxygens (including phenoxy) is 1. The zero-order valence-electron chi connectivity index (χ0n) is 13.9. The maximum atomic E-state index is 12.6. The lowest BCUT2D eigenvalue weighted by Gasteiger charge is -2.35. The third kappa shape index (κ3) is 3.44. The molecule has 8 nitrogen and oxygen atoms in total. The molecule has 0 aromatic carbocycles. The van der Waals surface area contributed by atoms with Crippen LogP contribution in [-0.2, 0) is 7.05 Å². The summed E-state index contributed by atoms with van der Waals surface area (Å²) in [5, 5.41) is 14.3. The first kappa shape index (κ1) is 16.5. The van der Waals surface area contributed by atoms with E-state index in [9.17, 15) is 9.90 Å². The highest BCUT2D eigenvalue weighted by Crippen LogP contribution is 2.19. The van der Waals surface area contributed by atoms with E-state index in [1.807, 2.05) is 0 Å². The number of hydrogen-bond acceptors (Lipinski definition) is 6. The van der Waals surface area contributed by atoms with Gasteiger partial charge in [-0.15, -0.1) is 5.10 Å². The van der Waals surface area contributed by atoms with Gasteiger partial charge < -0.3 is 19.2 Å². The van der Waals surface area contributed by atoms with Gasteiger partial charge in [0.25, 0.3) is 5.91 Å². The molecular formula is C16H22N4O4. The van der Waals surface area contributed by atoms with Crippen LogP contribution in [0.4, 0.5) is 0 Å². The Bertz CT molecular complexity index is 674. The number of aliphatic hydroxyl groups excluding tert-OH is 1. The van der Waals surface area contributed by atoms with E-state index in [2.05, 4.69) is 10.00 Å². The normalized spacial score (nSPS) is 17.0. The van der Waals surface area contributed by atoms with Crippen LogP contribution in [0, 0.1) is 0 Å². The fraction of sp³-hybridized carbons (Fsp3) is 0.500. The topological polar surface area (TPSA) is 84.0 Å². The molecule has 0 unspecified atom stereocenters. The smallest absolute Gasteiger partial charge is 0.261 e. The minimum Gasteiger partial charge on any atom is -0.479 e. The highest BCUT2D eigenvalue weighted by atomic mass is 16.5. The third-order valence-electron chi connectivity index (χ3n) is 4.18. The molecule has 130 valence electrons. The molecule has 2 aromatic heterocycles. The van der Waals surface area contributed by atoms with Gasteiger partial charge in [-0.1, -0.05) is 0 Å². The van der Waals surface area contributed by atoms with Gasteiger partial charge in [-0.3, -0.25) is 14.4 Å². The van der Waals surface area contributed by atoms with Crippen molar-refractivity contribution in [3.05, 3.63) is 35.9 Å². The number of aliphatic hydroxyl groups is 1. The Morgan fingerprint density at radius 1 is 1.42 bits per heavy atom. The third-order valence-corrected chi connectivity index (χ3v) is 4.18. The largest absolute Gasteiger partial charge is 0.479 e. The summed E-state index contributed by atoms with van der Waals surface area (Å²) in [6.07, 6.45) is 2.57. The van der Waals surface area contributed by atoms with Crippen LogP contribution in [0.25, 0.3) is 0 Å². The minimum absolute atomic E-state index is 0.0776. The van der Waals surface area contributed by atoms with Crippen LogP contribution in [0.5, 0.6) is 5.88 Å². The number of piperazine rings is 1. The van der Waals surface area contributed by atoms with Crippen molar-refractivity contribution < 1.29 is 19.1 Å². The number of amides is 1. The van der Waals surface area contributed by atoms with E-state index in [4.69, 9.17) is 9.15 Å². The first-order chi connectivity index (χ1) is 11.6. The number of carbonyl (C=O) groups is 1. The van der Waals surface area contributed by atoms with E-state index in [1.165, 1.54) is 7.11 Å². The van der Waals surface area contributed by atoms with Crippen LogP contribution >= 0.6 is 0 Å². The summed E-state index contributed by atoms with van der Waals surface area (Å²) in [5.74, 6) is 0.831. The van der Waals surface area contributed by atoms with Gasteiger partial charge in [0, 0.05) is 46.0 Å². The lowest BCUT2D eigenvalue weighted by Crippen LogP contribution is -2.49. The fourth-order valence-corrected chi connectivity index (χ4v) is 2.88. The maximum absolute atomic E-state index is 12.6. The maximum Gasteiger partial charge on any atom is 0.261 e. The zero-order chi connectivity index (χ0) is 17.1. The van der Waals surface area contributed by atoms with Crippen molar-refractivity contribution in [2.45, 2.75) is 6.10 Å². The number of methoxy groups -OCH3 is 1. The average molecular weight is 334 g/mol. The molecule has 8 heteroatoms. The Balaban J connectivity index is 1.55. The van der Waals surface area contributed by atoms with Gasteiger partial charge in [0.2, 0.25) is 5.88 Å². The van der Waals surface area contributed by atoms with Crippen LogP contribution in [0.15, 0.2) is 29.0 Å². The van der Waals surface area contributed by atoms with E-state index in [0.717, 1.165) is 0 Å². The highest BCUT2D eigenvalue weighted by Gasteiger charge is 2.27. The zero-order valence-corrected chi connectivity index (χ0v) is 13.9. The first-order valence-corrected chi connectivity index (χ1v) is 7.89. The molecule has 1 aliphatic heterocycles. The van der Waals surface area contributed by atoms with Gasteiger partial charge in [0.1, 0.15) is 17.4 Å². The van der Waals surface area contributed by atoms with Crippen LogP contribution in [0.2, 0.25) is 0 Å². The lowest BCUT2D eigenvalue weighted by molar-refractivity contribution is 0.0484. The van der Waals surface area contributed by atoms with Crippen molar-refractivity contribution in [2.24, 2.45) is 7.05 Å². The number of β-amino-alcohol motifs (C(OH)–C–C–N with tert-alkyl or cyclic N) is 1. The Morgan fingerprint density at radius 3 is 2.79 bits per heavy atom. The molecule has 0 spiro atoms. The average Bonchev–Trinajstić information content (AvgIpc) is 3.24. The molecule has 0 saturated carbocycles. The molecule has 3 heterocycles. The minimum atomic E-state index is -0.652. The Labute approximate surface area is 140 Å². The molecule has 1 amide bonds. The Morgan fingerprint density at radius 2 is 2.17 bits per heavy atom. The second-order valence-electron chi connectivity index (χ2n) is 5.85. The molecule has 1 atom stereocenters. The number of aryl methyl sites for hydroxylation is 1. The van der Waals surface area contributed by atoms with Crippen LogP contribution < -0.4 is 4.74 Å². The van der Waals surface area contributed by atoms with Crippen molar-refractivity contribution in [3.63, 3.8) is 0 Å². The van der Waals surface area contributed by atoms with E-state index >= 15 is 0 Å². The summed E-state index contributed by atoms with van der Waals surface area (Å²) in [7, 11) is 3.26. The van der Waals surface area contributed by atoms with Gasteiger partial charge in [0.05, 0.1) is 13.4 Å². The molecule has 1 aliphatic rings. The second kappa shape index (κ2) is 7.06. The number of furan rings is 1. The van der Waals surface area contributed by atoms with Crippen molar-refractivity contribution in [1.82, 2.24) is 19.6 Å². The number of aromatic nitrogens is 2. The first-order valence-electron chi connectivity index (χ1n) is 7.89. The van der Waals surface area contributed by atoms with Crippen LogP contribution in [-0.4, -0.2) is 70.4 Å². The predicted molar refractivity (Wildman–Crippen MR) is 85.8 cm³/mol. The summed E-state index contributed by atoms with van der Waals surface area (Å²) in [6, 6.07) is 3.52. The van der Waals surface area contributed by atoms with Crippen molar-refractivity contribution >= 4 is 5.91 Å². The van der Waals surface area contributed by atoms with E-state index in [-0.39, 0.29) is 5.91 Å². The van der Waals surface area contributed by atoms with Crippen molar-refractivity contribution in [3.8, 4) is 5.88 Å². The lowest BCUT2D eigenvalue weighted by atomic mass is 10.2. The van der Waals surface area contributed by atoms with Gasteiger partial charge in [-0.2, -0.15) is 0 Å². The molecule has 24 heavy (non-hydrogen) atoms. The summed E-state index contributed by atoms with van der Waals surface area (Å²) in [4.78, 5) is 16.5. The van der Waals surface area contributed by atoms with Crippen LogP contribution in [0.3, 0.4) is 0 Å². The molecule has 3 rings (SSSR count). The van der Waals surface area contributed by atoms with Gasteiger partial charge in [0.15, 0.2) is 0 Å². The molecule has 0 bridgehead atoms. The second-order valence-corrected chi connectivity index (χ2v) is 5.85. The quantitative estimate of drug-likeness (QED) is 0.858. The summed E-state index contributed by atoms with van der Waals surface area (Å²) < 4.78 is 11.9. The Kier molecular flexibility index (Phi) is 4.86. The van der Waals surface area contributed by atoms with E-state index < -0.39 is 6.10 Å². The number of rotatable bonds is 5. The van der Waals surface area contributed by atoms with Gasteiger partial charge >= 0.3 is 0 Å². The molecule has 0 radical (unpaired) electrons. The Hall–Kier alpha value is -2.32. The number of hydrogen-bond donors (Lipinski definition) is 1. The van der Waals surface area contributed by atoms with Crippen molar-refractivity contribution in [2.75, 3.05) is 39.8 Å². The van der Waals surface area contributed by atoms with E-state index in [1.54, 1.807) is 41.2 Å². The number of nitrogens with zero attached hydrogens (tertiary/aromatic N) is 4. The molecule has 1 saturated heterocycles. The summed E-state index contributed by atoms with van der Waals surface area (Å²) in [6.45, 7) is 3.09. The van der Waals surface area contributed by atoms with Crippen LogP contribution in [0.1, 0.15) is 22.2 Å². The van der Waals surface area contributed by atoms with Gasteiger partial charge in [-0.05, 0) is 12.1 Å². The highest BCUT2D eigenvalue weighted by molar-refractivity contribution is 5.96. The fourth-order valence-electron chi connectivity index (χ4n) is 2.88. The molecule has 2 aromatic rings. The summed E-state index contributed by atoms with van der Waals surface area (Å²) in [5.41, 5.74) is 0.476. The van der Waals surface area contributed by atoms with Crippen molar-refractivity contribution in [1.29, 1.82) is 0 Å². The molecule has 1 N–H and O–H groups in total. The number of carbonyl (C=O) groups excluding carboxylic acids is 1. The molecular weight excluding hydrogens is 312 g/mol. The predicted octanol–water partition coefficient (Wildman–Crippen LogP) is 0.513. The summed E-state index contributed by atoms with van der Waals surface area (Å²) >= 11 is 0. The molecule has 0 aliphatic carbocycles. The van der Waals surface area contributed by atoms with E-state index in [0.29, 0.717) is 49.9 Å². The standard InChI is InChI=1S/C16H22N4O4/c1-18-10-12(15(17-18)23-2)16(22)20-7-5-19(6-8-20)11-13(21)14-4-3-9-24-14/h3-4,9-10,13,21H,5-8,11H2,1-2H3/t13-/m0/s1. The monoisotopic (exact) mass is 334 g/mol. The SMILES string of the molecule is COc1nn(C)cc1C(=O)N1CCN(C[C@H](O)c2ccco2)CC1.